The summed E-state index contributed by atoms with van der Waals surface area (Å²) in [6, 6.07) is 10.3. The Morgan fingerprint density at radius 2 is 2.14 bits per heavy atom. The summed E-state index contributed by atoms with van der Waals surface area (Å²) < 4.78 is 2.16. The van der Waals surface area contributed by atoms with E-state index >= 15 is 0 Å². The zero-order valence-corrected chi connectivity index (χ0v) is 12.3. The highest BCUT2D eigenvalue weighted by molar-refractivity contribution is 5.35. The average molecular weight is 286 g/mol. The van der Waals surface area contributed by atoms with Crippen molar-refractivity contribution in [3.8, 4) is 5.69 Å². The monoisotopic (exact) mass is 286 g/mol. The molecular weight excluding hydrogens is 264 g/mol. The SMILES string of the molecule is Cc1ncc(CNCC2CNCC2O)n1-c1ccccc1. The fraction of sp³-hybridized carbons (Fsp3) is 0.438. The van der Waals surface area contributed by atoms with E-state index in [0.29, 0.717) is 12.5 Å². The van der Waals surface area contributed by atoms with Crippen molar-refractivity contribution in [3.05, 3.63) is 48.0 Å². The molecule has 1 aliphatic rings. The van der Waals surface area contributed by atoms with Gasteiger partial charge in [-0.3, -0.25) is 4.57 Å². The Labute approximate surface area is 125 Å². The lowest BCUT2D eigenvalue weighted by Crippen LogP contribution is -2.30. The summed E-state index contributed by atoms with van der Waals surface area (Å²) in [5.74, 6) is 1.28. The Kier molecular flexibility index (Phi) is 4.34. The Hall–Kier alpha value is -1.69. The van der Waals surface area contributed by atoms with Crippen LogP contribution in [0.2, 0.25) is 0 Å². The Morgan fingerprint density at radius 1 is 1.33 bits per heavy atom. The molecule has 0 aliphatic carbocycles. The molecule has 2 heterocycles. The van der Waals surface area contributed by atoms with Crippen LogP contribution in [0, 0.1) is 12.8 Å². The molecule has 2 atom stereocenters. The second-order valence-corrected chi connectivity index (χ2v) is 5.58. The van der Waals surface area contributed by atoms with E-state index in [2.05, 4.69) is 32.3 Å². The molecule has 0 saturated carbocycles. The van der Waals surface area contributed by atoms with Crippen molar-refractivity contribution in [2.24, 2.45) is 5.92 Å². The summed E-state index contributed by atoms with van der Waals surface area (Å²) in [5.41, 5.74) is 2.27. The highest BCUT2D eigenvalue weighted by Crippen LogP contribution is 2.14. The molecule has 112 valence electrons. The fourth-order valence-electron chi connectivity index (χ4n) is 2.86. The third-order valence-electron chi connectivity index (χ3n) is 4.04. The molecule has 21 heavy (non-hydrogen) atoms. The Bertz CT molecular complexity index is 581. The minimum Gasteiger partial charge on any atom is -0.391 e. The maximum absolute atomic E-state index is 9.80. The first-order chi connectivity index (χ1) is 10.3. The van der Waals surface area contributed by atoms with Crippen molar-refractivity contribution in [2.45, 2.75) is 19.6 Å². The molecule has 5 nitrogen and oxygen atoms in total. The van der Waals surface area contributed by atoms with Gasteiger partial charge in [-0.2, -0.15) is 0 Å². The van der Waals surface area contributed by atoms with Crippen LogP contribution >= 0.6 is 0 Å². The molecule has 0 spiro atoms. The highest BCUT2D eigenvalue weighted by atomic mass is 16.3. The molecular formula is C16H22N4O. The number of aryl methyl sites for hydroxylation is 1. The lowest BCUT2D eigenvalue weighted by Gasteiger charge is -2.15. The lowest BCUT2D eigenvalue weighted by atomic mass is 10.1. The van der Waals surface area contributed by atoms with E-state index < -0.39 is 0 Å². The van der Waals surface area contributed by atoms with E-state index in [1.54, 1.807) is 0 Å². The van der Waals surface area contributed by atoms with Crippen molar-refractivity contribution in [1.29, 1.82) is 0 Å². The molecule has 0 amide bonds. The number of aliphatic hydroxyl groups excluding tert-OH is 1. The Balaban J connectivity index is 1.66. The van der Waals surface area contributed by atoms with Crippen LogP contribution in [0.5, 0.6) is 0 Å². The summed E-state index contributed by atoms with van der Waals surface area (Å²) in [7, 11) is 0. The molecule has 1 saturated heterocycles. The van der Waals surface area contributed by atoms with Gasteiger partial charge in [0, 0.05) is 37.8 Å². The zero-order valence-electron chi connectivity index (χ0n) is 12.3. The van der Waals surface area contributed by atoms with Gasteiger partial charge in [0.05, 0.1) is 18.0 Å². The Morgan fingerprint density at radius 3 is 2.86 bits per heavy atom. The number of benzene rings is 1. The number of rotatable bonds is 5. The molecule has 3 rings (SSSR count). The first-order valence-electron chi connectivity index (χ1n) is 7.44. The molecule has 2 aromatic rings. The molecule has 1 aromatic heterocycles. The maximum atomic E-state index is 9.80. The van der Waals surface area contributed by atoms with Gasteiger partial charge in [0.2, 0.25) is 0 Å². The maximum Gasteiger partial charge on any atom is 0.110 e. The molecule has 1 aromatic carbocycles. The van der Waals surface area contributed by atoms with Crippen LogP contribution in [-0.4, -0.2) is 40.4 Å². The number of β-amino-alcohol motifs (C(OH)–C–C–N with tert-alkyl or cyclic N) is 1. The standard InChI is InChI=1S/C16H22N4O/c1-12-19-10-15(20(12)14-5-3-2-4-6-14)9-17-7-13-8-18-11-16(13)21/h2-6,10,13,16-18,21H,7-9,11H2,1H3. The number of hydrogen-bond donors (Lipinski definition) is 3. The largest absolute Gasteiger partial charge is 0.391 e. The summed E-state index contributed by atoms with van der Waals surface area (Å²) in [5, 5.41) is 16.4. The second kappa shape index (κ2) is 6.39. The van der Waals surface area contributed by atoms with Gasteiger partial charge in [0.15, 0.2) is 0 Å². The van der Waals surface area contributed by atoms with E-state index in [1.165, 1.54) is 0 Å². The van der Waals surface area contributed by atoms with Crippen molar-refractivity contribution in [3.63, 3.8) is 0 Å². The van der Waals surface area contributed by atoms with Crippen LogP contribution < -0.4 is 10.6 Å². The number of nitrogens with one attached hydrogen (secondary N) is 2. The summed E-state index contributed by atoms with van der Waals surface area (Å²) in [4.78, 5) is 4.42. The van der Waals surface area contributed by atoms with Gasteiger partial charge in [-0.15, -0.1) is 0 Å². The second-order valence-electron chi connectivity index (χ2n) is 5.58. The van der Waals surface area contributed by atoms with Gasteiger partial charge >= 0.3 is 0 Å². The predicted molar refractivity (Wildman–Crippen MR) is 82.4 cm³/mol. The van der Waals surface area contributed by atoms with Gasteiger partial charge in [-0.05, 0) is 19.1 Å². The molecule has 2 unspecified atom stereocenters. The van der Waals surface area contributed by atoms with Crippen LogP contribution in [0.1, 0.15) is 11.5 Å². The highest BCUT2D eigenvalue weighted by Gasteiger charge is 2.24. The summed E-state index contributed by atoms with van der Waals surface area (Å²) >= 11 is 0. The number of nitrogens with zero attached hydrogens (tertiary/aromatic N) is 2. The van der Waals surface area contributed by atoms with Gasteiger partial charge in [-0.25, -0.2) is 4.98 Å². The smallest absolute Gasteiger partial charge is 0.110 e. The third-order valence-corrected chi connectivity index (χ3v) is 4.04. The normalized spacial score (nSPS) is 21.8. The van der Waals surface area contributed by atoms with E-state index in [9.17, 15) is 5.11 Å². The minimum atomic E-state index is -0.238. The number of hydrogen-bond acceptors (Lipinski definition) is 4. The summed E-state index contributed by atoms with van der Waals surface area (Å²) in [6.45, 7) is 5.16. The topological polar surface area (TPSA) is 62.1 Å². The first-order valence-corrected chi connectivity index (χ1v) is 7.44. The zero-order chi connectivity index (χ0) is 14.7. The van der Waals surface area contributed by atoms with E-state index in [-0.39, 0.29) is 6.10 Å². The van der Waals surface area contributed by atoms with Crippen LogP contribution in [0.25, 0.3) is 5.69 Å². The van der Waals surface area contributed by atoms with Gasteiger partial charge in [-0.1, -0.05) is 18.2 Å². The molecule has 1 aliphatic heterocycles. The lowest BCUT2D eigenvalue weighted by molar-refractivity contribution is 0.146. The minimum absolute atomic E-state index is 0.238. The van der Waals surface area contributed by atoms with Crippen molar-refractivity contribution < 1.29 is 5.11 Å². The molecule has 0 radical (unpaired) electrons. The van der Waals surface area contributed by atoms with Crippen LogP contribution in [0.3, 0.4) is 0 Å². The van der Waals surface area contributed by atoms with Crippen LogP contribution in [0.4, 0.5) is 0 Å². The first kappa shape index (κ1) is 14.3. The number of para-hydroxylation sites is 1. The third kappa shape index (κ3) is 3.15. The van der Waals surface area contributed by atoms with Crippen LogP contribution in [0.15, 0.2) is 36.5 Å². The number of aliphatic hydroxyl groups is 1. The van der Waals surface area contributed by atoms with Gasteiger partial charge < -0.3 is 15.7 Å². The van der Waals surface area contributed by atoms with Crippen molar-refractivity contribution >= 4 is 0 Å². The number of aromatic nitrogens is 2. The van der Waals surface area contributed by atoms with E-state index in [4.69, 9.17) is 0 Å². The van der Waals surface area contributed by atoms with Crippen LogP contribution in [-0.2, 0) is 6.54 Å². The average Bonchev–Trinajstić information content (AvgIpc) is 3.07. The van der Waals surface area contributed by atoms with E-state index in [0.717, 1.165) is 36.8 Å². The molecule has 3 N–H and O–H groups in total. The quantitative estimate of drug-likeness (QED) is 0.762. The summed E-state index contributed by atoms with van der Waals surface area (Å²) in [6.07, 6.45) is 1.68. The predicted octanol–water partition coefficient (Wildman–Crippen LogP) is 0.851. The van der Waals surface area contributed by atoms with Crippen molar-refractivity contribution in [1.82, 2.24) is 20.2 Å². The molecule has 5 heteroatoms. The number of imidazole rings is 1. The van der Waals surface area contributed by atoms with E-state index in [1.807, 2.05) is 31.3 Å². The van der Waals surface area contributed by atoms with Crippen molar-refractivity contribution in [2.75, 3.05) is 19.6 Å². The fourth-order valence-corrected chi connectivity index (χ4v) is 2.86. The molecule has 1 fully saturated rings. The van der Waals surface area contributed by atoms with Gasteiger partial charge in [0.25, 0.3) is 0 Å². The molecule has 0 bridgehead atoms. The van der Waals surface area contributed by atoms with Gasteiger partial charge in [0.1, 0.15) is 5.82 Å².